The molecular formula is C26H27FN4O4. The first-order valence-corrected chi connectivity index (χ1v) is 11.2. The molecule has 3 heterocycles. The zero-order chi connectivity index (χ0) is 25.5. The number of hydrogen-bond acceptors (Lipinski definition) is 7. The van der Waals surface area contributed by atoms with Crippen molar-refractivity contribution >= 4 is 22.7 Å². The molecule has 0 N–H and O–H groups in total. The first-order valence-electron chi connectivity index (χ1n) is 11.2. The molecule has 4 aromatic rings. The summed E-state index contributed by atoms with van der Waals surface area (Å²) in [6.07, 6.45) is 0.497. The lowest BCUT2D eigenvalue weighted by Crippen LogP contribution is -2.27. The Morgan fingerprint density at radius 1 is 1.23 bits per heavy atom. The van der Waals surface area contributed by atoms with Crippen molar-refractivity contribution in [3.05, 3.63) is 65.6 Å². The van der Waals surface area contributed by atoms with Gasteiger partial charge in [0.05, 0.1) is 29.7 Å². The summed E-state index contributed by atoms with van der Waals surface area (Å²) in [4.78, 5) is 22.1. The molecule has 0 aliphatic carbocycles. The van der Waals surface area contributed by atoms with Crippen molar-refractivity contribution in [1.29, 1.82) is 0 Å². The zero-order valence-corrected chi connectivity index (χ0v) is 20.6. The Morgan fingerprint density at radius 2 is 1.97 bits per heavy atom. The van der Waals surface area contributed by atoms with Crippen molar-refractivity contribution in [2.75, 3.05) is 6.61 Å². The third-order valence-corrected chi connectivity index (χ3v) is 5.26. The van der Waals surface area contributed by atoms with Gasteiger partial charge in [-0.05, 0) is 71.4 Å². The minimum absolute atomic E-state index is 0.0915. The molecule has 35 heavy (non-hydrogen) atoms. The van der Waals surface area contributed by atoms with Crippen LogP contribution in [0.5, 0.6) is 6.01 Å². The highest BCUT2D eigenvalue weighted by Gasteiger charge is 2.27. The maximum atomic E-state index is 13.5. The number of carbonyl (C=O) groups is 1. The van der Waals surface area contributed by atoms with E-state index in [1.54, 1.807) is 33.8 Å². The number of fused-ring (bicyclic) bond motifs is 1. The monoisotopic (exact) mass is 478 g/mol. The highest BCUT2D eigenvalue weighted by Crippen LogP contribution is 2.37. The van der Waals surface area contributed by atoms with Crippen LogP contribution in [-0.4, -0.2) is 38.0 Å². The van der Waals surface area contributed by atoms with Crippen LogP contribution in [0.1, 0.15) is 50.4 Å². The van der Waals surface area contributed by atoms with E-state index in [-0.39, 0.29) is 6.01 Å². The molecule has 0 amide bonds. The second kappa shape index (κ2) is 8.98. The summed E-state index contributed by atoms with van der Waals surface area (Å²) >= 11 is 0. The summed E-state index contributed by atoms with van der Waals surface area (Å²) in [5.41, 5.74) is 3.95. The minimum Gasteiger partial charge on any atom is -0.465 e. The number of aromatic nitrogens is 4. The molecule has 0 saturated heterocycles. The first-order chi connectivity index (χ1) is 16.5. The normalized spacial score (nSPS) is 11.6. The van der Waals surface area contributed by atoms with E-state index in [9.17, 15) is 9.18 Å². The van der Waals surface area contributed by atoms with Crippen molar-refractivity contribution in [2.24, 2.45) is 0 Å². The van der Waals surface area contributed by atoms with E-state index < -0.39 is 17.5 Å². The van der Waals surface area contributed by atoms with E-state index in [1.807, 2.05) is 26.0 Å². The Labute approximate surface area is 202 Å². The van der Waals surface area contributed by atoms with E-state index in [4.69, 9.17) is 14.0 Å². The van der Waals surface area contributed by atoms with Crippen LogP contribution in [0, 0.1) is 19.7 Å². The van der Waals surface area contributed by atoms with Gasteiger partial charge in [-0.25, -0.2) is 9.18 Å². The number of aryl methyl sites for hydroxylation is 2. The van der Waals surface area contributed by atoms with Crippen LogP contribution in [0.4, 0.5) is 9.18 Å². The summed E-state index contributed by atoms with van der Waals surface area (Å²) < 4.78 is 31.6. The summed E-state index contributed by atoms with van der Waals surface area (Å²) in [7, 11) is 0. The molecule has 0 aliphatic heterocycles. The Balaban J connectivity index is 2.03. The van der Waals surface area contributed by atoms with E-state index in [2.05, 4.69) is 21.7 Å². The molecule has 0 unspecified atom stereocenters. The number of imidazole rings is 1. The van der Waals surface area contributed by atoms with Gasteiger partial charge in [0.2, 0.25) is 0 Å². The molecule has 0 atom stereocenters. The van der Waals surface area contributed by atoms with Crippen LogP contribution in [-0.2, 0) is 4.74 Å². The lowest BCUT2D eigenvalue weighted by atomic mass is 9.95. The second-order valence-electron chi connectivity index (χ2n) is 9.07. The van der Waals surface area contributed by atoms with Crippen molar-refractivity contribution in [1.82, 2.24) is 19.7 Å². The maximum Gasteiger partial charge on any atom is 0.423 e. The SMILES string of the molecule is C=C(c1ccc(F)cn1)c1cc(-c2c(C)noc2C)cc2c1nc(OCC)n2C(=O)OC(C)(C)C. The van der Waals surface area contributed by atoms with Gasteiger partial charge in [0.1, 0.15) is 22.7 Å². The van der Waals surface area contributed by atoms with Crippen molar-refractivity contribution in [3.63, 3.8) is 0 Å². The van der Waals surface area contributed by atoms with Crippen LogP contribution in [0.3, 0.4) is 0 Å². The molecule has 0 bridgehead atoms. The number of rotatable bonds is 5. The van der Waals surface area contributed by atoms with Crippen molar-refractivity contribution < 1.29 is 23.2 Å². The molecule has 3 aromatic heterocycles. The van der Waals surface area contributed by atoms with Gasteiger partial charge in [-0.2, -0.15) is 9.55 Å². The number of hydrogen-bond donors (Lipinski definition) is 0. The van der Waals surface area contributed by atoms with Crippen LogP contribution in [0.25, 0.3) is 27.7 Å². The number of ether oxygens (including phenoxy) is 2. The molecule has 182 valence electrons. The standard InChI is InChI=1S/C26H27FN4O4/c1-8-33-24-29-23-19(14(2)20-10-9-18(27)13-28-20)11-17(22-15(3)30-35-16(22)4)12-21(23)31(24)25(32)34-26(5,6)7/h9-13H,2,8H2,1,3-7H3. The largest absolute Gasteiger partial charge is 0.465 e. The van der Waals surface area contributed by atoms with Gasteiger partial charge in [-0.15, -0.1) is 0 Å². The third kappa shape index (κ3) is 4.66. The van der Waals surface area contributed by atoms with Gasteiger partial charge in [-0.3, -0.25) is 4.98 Å². The van der Waals surface area contributed by atoms with Gasteiger partial charge in [-0.1, -0.05) is 11.7 Å². The van der Waals surface area contributed by atoms with Gasteiger partial charge < -0.3 is 14.0 Å². The van der Waals surface area contributed by atoms with Crippen LogP contribution in [0.2, 0.25) is 0 Å². The Kier molecular flexibility index (Phi) is 6.19. The molecule has 0 radical (unpaired) electrons. The second-order valence-corrected chi connectivity index (χ2v) is 9.07. The molecule has 0 fully saturated rings. The molecular weight excluding hydrogens is 451 g/mol. The quantitative estimate of drug-likeness (QED) is 0.343. The van der Waals surface area contributed by atoms with E-state index in [0.29, 0.717) is 45.9 Å². The van der Waals surface area contributed by atoms with E-state index >= 15 is 0 Å². The summed E-state index contributed by atoms with van der Waals surface area (Å²) in [6, 6.07) is 6.64. The number of benzene rings is 1. The fourth-order valence-electron chi connectivity index (χ4n) is 3.83. The lowest BCUT2D eigenvalue weighted by molar-refractivity contribution is 0.0527. The lowest BCUT2D eigenvalue weighted by Gasteiger charge is -2.20. The van der Waals surface area contributed by atoms with E-state index in [1.165, 1.54) is 10.6 Å². The van der Waals surface area contributed by atoms with Crippen LogP contribution >= 0.6 is 0 Å². The van der Waals surface area contributed by atoms with Gasteiger partial charge >= 0.3 is 12.1 Å². The Hall–Kier alpha value is -4.01. The molecule has 1 aromatic carbocycles. The molecule has 0 aliphatic rings. The number of pyridine rings is 1. The van der Waals surface area contributed by atoms with Crippen molar-refractivity contribution in [3.8, 4) is 17.1 Å². The first kappa shape index (κ1) is 24.1. The third-order valence-electron chi connectivity index (χ3n) is 5.26. The van der Waals surface area contributed by atoms with Gasteiger partial charge in [0.25, 0.3) is 0 Å². The average Bonchev–Trinajstić information content (AvgIpc) is 3.31. The predicted octanol–water partition coefficient (Wildman–Crippen LogP) is 6.09. The predicted molar refractivity (Wildman–Crippen MR) is 130 cm³/mol. The Bertz CT molecular complexity index is 1410. The summed E-state index contributed by atoms with van der Waals surface area (Å²) in [5, 5.41) is 4.07. The number of carbonyl (C=O) groups excluding carboxylic acids is 1. The zero-order valence-electron chi connectivity index (χ0n) is 20.6. The maximum absolute atomic E-state index is 13.5. The van der Waals surface area contributed by atoms with Gasteiger partial charge in [0.15, 0.2) is 0 Å². The molecule has 0 spiro atoms. The molecule has 0 saturated carbocycles. The fourth-order valence-corrected chi connectivity index (χ4v) is 3.83. The topological polar surface area (TPSA) is 92.3 Å². The van der Waals surface area contributed by atoms with Crippen LogP contribution < -0.4 is 4.74 Å². The number of nitrogens with zero attached hydrogens (tertiary/aromatic N) is 4. The van der Waals surface area contributed by atoms with E-state index in [0.717, 1.165) is 17.3 Å². The highest BCUT2D eigenvalue weighted by atomic mass is 19.1. The molecule has 8 nitrogen and oxygen atoms in total. The summed E-state index contributed by atoms with van der Waals surface area (Å²) in [5.74, 6) is 0.163. The highest BCUT2D eigenvalue weighted by molar-refractivity contribution is 6.00. The minimum atomic E-state index is -0.735. The molecule has 4 rings (SSSR count). The fraction of sp³-hybridized carbons (Fsp3) is 0.308. The number of halogens is 1. The van der Waals surface area contributed by atoms with Crippen LogP contribution in [0.15, 0.2) is 41.6 Å². The van der Waals surface area contributed by atoms with Crippen molar-refractivity contribution in [2.45, 2.75) is 47.1 Å². The van der Waals surface area contributed by atoms with Gasteiger partial charge in [0, 0.05) is 16.7 Å². The smallest absolute Gasteiger partial charge is 0.423 e. The average molecular weight is 479 g/mol. The molecule has 9 heteroatoms. The Morgan fingerprint density at radius 3 is 2.54 bits per heavy atom. The summed E-state index contributed by atoms with van der Waals surface area (Å²) in [6.45, 7) is 15.3.